The van der Waals surface area contributed by atoms with Gasteiger partial charge in [-0.05, 0) is 51.4 Å². The van der Waals surface area contributed by atoms with Crippen molar-refractivity contribution in [3.05, 3.63) is 39.8 Å². The van der Waals surface area contributed by atoms with Gasteiger partial charge in [0.15, 0.2) is 0 Å². The van der Waals surface area contributed by atoms with Gasteiger partial charge in [0.1, 0.15) is 10.0 Å². The van der Waals surface area contributed by atoms with Gasteiger partial charge in [0.05, 0.1) is 12.7 Å². The number of piperidine rings is 1. The zero-order valence-electron chi connectivity index (χ0n) is 15.7. The summed E-state index contributed by atoms with van der Waals surface area (Å²) in [7, 11) is 0. The lowest BCUT2D eigenvalue weighted by Gasteiger charge is -2.36. The lowest BCUT2D eigenvalue weighted by Crippen LogP contribution is -2.42. The fourth-order valence-electron chi connectivity index (χ4n) is 4.05. The predicted molar refractivity (Wildman–Crippen MR) is 106 cm³/mol. The molecule has 0 aliphatic carbocycles. The molecule has 4 rings (SSSR count). The number of aromatic nitrogens is 2. The molecule has 0 saturated carbocycles. The summed E-state index contributed by atoms with van der Waals surface area (Å²) < 4.78 is 5.71. The highest BCUT2D eigenvalue weighted by atomic mass is 32.1. The molecular formula is C20H28N4OS. The zero-order valence-corrected chi connectivity index (χ0v) is 16.5. The largest absolute Gasteiger partial charge is 0.375 e. The summed E-state index contributed by atoms with van der Waals surface area (Å²) in [6.07, 6.45) is 2.68. The van der Waals surface area contributed by atoms with Gasteiger partial charge in [-0.2, -0.15) is 0 Å². The number of aryl methyl sites for hydroxylation is 1. The zero-order chi connectivity index (χ0) is 17.9. The highest BCUT2D eigenvalue weighted by Crippen LogP contribution is 2.31. The number of nitrogens with zero attached hydrogens (tertiary/aromatic N) is 4. The van der Waals surface area contributed by atoms with Crippen LogP contribution in [0, 0.1) is 6.92 Å². The molecule has 140 valence electrons. The molecule has 1 aromatic heterocycles. The van der Waals surface area contributed by atoms with E-state index in [2.05, 4.69) is 51.2 Å². The Morgan fingerprint density at radius 3 is 2.69 bits per heavy atom. The summed E-state index contributed by atoms with van der Waals surface area (Å²) in [5.41, 5.74) is 2.82. The Labute approximate surface area is 160 Å². The molecule has 0 amide bonds. The van der Waals surface area contributed by atoms with Gasteiger partial charge in [0.25, 0.3) is 0 Å². The van der Waals surface area contributed by atoms with E-state index in [1.165, 1.54) is 29.1 Å². The van der Waals surface area contributed by atoms with Crippen LogP contribution in [-0.4, -0.2) is 54.0 Å². The number of hydrogen-bond donors (Lipinski definition) is 0. The van der Waals surface area contributed by atoms with E-state index in [-0.39, 0.29) is 0 Å². The summed E-state index contributed by atoms with van der Waals surface area (Å²) in [5, 5.41) is 10.9. The molecule has 2 saturated heterocycles. The van der Waals surface area contributed by atoms with Gasteiger partial charge < -0.3 is 9.64 Å². The van der Waals surface area contributed by atoms with Gasteiger partial charge >= 0.3 is 0 Å². The van der Waals surface area contributed by atoms with E-state index in [0.29, 0.717) is 12.0 Å². The molecule has 2 fully saturated rings. The number of ether oxygens (including phenoxy) is 1. The molecule has 0 N–H and O–H groups in total. The van der Waals surface area contributed by atoms with Crippen LogP contribution >= 0.6 is 11.3 Å². The maximum atomic E-state index is 5.71. The number of morpholine rings is 1. The molecule has 3 heterocycles. The van der Waals surface area contributed by atoms with Crippen LogP contribution in [0.5, 0.6) is 0 Å². The van der Waals surface area contributed by atoms with Crippen molar-refractivity contribution in [3.63, 3.8) is 0 Å². The number of hydrogen-bond acceptors (Lipinski definition) is 6. The number of anilines is 1. The second-order valence-electron chi connectivity index (χ2n) is 7.47. The summed E-state index contributed by atoms with van der Waals surface area (Å²) in [6, 6.07) is 8.88. The average Bonchev–Trinajstić information content (AvgIpc) is 3.09. The molecular weight excluding hydrogens is 344 g/mol. The first-order valence-corrected chi connectivity index (χ1v) is 10.5. The Balaban J connectivity index is 1.39. The summed E-state index contributed by atoms with van der Waals surface area (Å²) in [6.45, 7) is 10.3. The smallest absolute Gasteiger partial charge is 0.120 e. The second kappa shape index (κ2) is 8.03. The first kappa shape index (κ1) is 17.9. The highest BCUT2D eigenvalue weighted by molar-refractivity contribution is 7.11. The number of para-hydroxylation sites is 1. The molecule has 1 aromatic carbocycles. The van der Waals surface area contributed by atoms with Crippen molar-refractivity contribution in [3.8, 4) is 0 Å². The van der Waals surface area contributed by atoms with Gasteiger partial charge in [0.2, 0.25) is 0 Å². The van der Waals surface area contributed by atoms with E-state index in [9.17, 15) is 0 Å². The Hall–Kier alpha value is -1.50. The van der Waals surface area contributed by atoms with Crippen molar-refractivity contribution in [2.75, 3.05) is 37.7 Å². The van der Waals surface area contributed by atoms with Crippen molar-refractivity contribution >= 4 is 17.0 Å². The van der Waals surface area contributed by atoms with Crippen LogP contribution in [-0.2, 0) is 11.3 Å². The Morgan fingerprint density at radius 2 is 1.96 bits per heavy atom. The van der Waals surface area contributed by atoms with Crippen molar-refractivity contribution in [1.82, 2.24) is 15.1 Å². The van der Waals surface area contributed by atoms with Crippen molar-refractivity contribution in [2.24, 2.45) is 0 Å². The Morgan fingerprint density at radius 1 is 1.15 bits per heavy atom. The van der Waals surface area contributed by atoms with Crippen LogP contribution in [0.1, 0.15) is 41.3 Å². The minimum atomic E-state index is 0.308. The summed E-state index contributed by atoms with van der Waals surface area (Å²) >= 11 is 1.76. The van der Waals surface area contributed by atoms with Gasteiger partial charge in [-0.1, -0.05) is 18.2 Å². The van der Waals surface area contributed by atoms with Gasteiger partial charge in [0, 0.05) is 31.2 Å². The van der Waals surface area contributed by atoms with Crippen LogP contribution < -0.4 is 4.90 Å². The SMILES string of the molecule is Cc1nnc(C2CCN(Cc3ccccc3N3CCOC(C)C3)CC2)s1. The monoisotopic (exact) mass is 372 g/mol. The standard InChI is InChI=1S/C20H28N4OS/c1-15-13-24(11-12-25-15)19-6-4-3-5-18(19)14-23-9-7-17(8-10-23)20-22-21-16(2)26-20/h3-6,15,17H,7-14H2,1-2H3. The van der Waals surface area contributed by atoms with Gasteiger partial charge in [-0.25, -0.2) is 0 Å². The summed E-state index contributed by atoms with van der Waals surface area (Å²) in [5.74, 6) is 0.591. The predicted octanol–water partition coefficient (Wildman–Crippen LogP) is 3.45. The van der Waals surface area contributed by atoms with Crippen LogP contribution in [0.25, 0.3) is 0 Å². The number of benzene rings is 1. The normalized spacial score (nSPS) is 22.7. The maximum Gasteiger partial charge on any atom is 0.120 e. The molecule has 0 bridgehead atoms. The molecule has 26 heavy (non-hydrogen) atoms. The summed E-state index contributed by atoms with van der Waals surface area (Å²) in [4.78, 5) is 5.08. The molecule has 2 aliphatic rings. The van der Waals surface area contributed by atoms with Crippen molar-refractivity contribution in [2.45, 2.75) is 45.3 Å². The van der Waals surface area contributed by atoms with Crippen molar-refractivity contribution in [1.29, 1.82) is 0 Å². The van der Waals surface area contributed by atoms with Crippen LogP contribution in [0.15, 0.2) is 24.3 Å². The molecule has 0 radical (unpaired) electrons. The third-order valence-electron chi connectivity index (χ3n) is 5.45. The van der Waals surface area contributed by atoms with E-state index in [1.54, 1.807) is 11.3 Å². The van der Waals surface area contributed by atoms with E-state index < -0.39 is 0 Å². The topological polar surface area (TPSA) is 41.5 Å². The molecule has 2 aromatic rings. The van der Waals surface area contributed by atoms with Gasteiger partial charge in [-0.3, -0.25) is 4.90 Å². The quantitative estimate of drug-likeness (QED) is 0.822. The van der Waals surface area contributed by atoms with E-state index >= 15 is 0 Å². The van der Waals surface area contributed by atoms with E-state index in [1.807, 2.05) is 6.92 Å². The second-order valence-corrected chi connectivity index (χ2v) is 8.68. The molecule has 0 spiro atoms. The minimum absolute atomic E-state index is 0.308. The number of likely N-dealkylation sites (tertiary alicyclic amines) is 1. The first-order valence-electron chi connectivity index (χ1n) is 9.66. The average molecular weight is 373 g/mol. The molecule has 1 unspecified atom stereocenters. The van der Waals surface area contributed by atoms with Crippen LogP contribution in [0.2, 0.25) is 0 Å². The highest BCUT2D eigenvalue weighted by Gasteiger charge is 2.25. The Bertz CT molecular complexity index is 726. The Kier molecular flexibility index (Phi) is 5.52. The third-order valence-corrected chi connectivity index (χ3v) is 6.45. The fraction of sp³-hybridized carbons (Fsp3) is 0.600. The molecule has 5 nitrogen and oxygen atoms in total. The van der Waals surface area contributed by atoms with E-state index in [4.69, 9.17) is 4.74 Å². The lowest BCUT2D eigenvalue weighted by molar-refractivity contribution is 0.0531. The molecule has 1 atom stereocenters. The first-order chi connectivity index (χ1) is 12.7. The molecule has 6 heteroatoms. The van der Waals surface area contributed by atoms with Crippen LogP contribution in [0.4, 0.5) is 5.69 Å². The molecule has 2 aliphatic heterocycles. The van der Waals surface area contributed by atoms with Crippen molar-refractivity contribution < 1.29 is 4.74 Å². The third kappa shape index (κ3) is 4.08. The maximum absolute atomic E-state index is 5.71. The van der Waals surface area contributed by atoms with Gasteiger partial charge in [-0.15, -0.1) is 21.5 Å². The lowest BCUT2D eigenvalue weighted by atomic mass is 9.97. The number of rotatable bonds is 4. The fourth-order valence-corrected chi connectivity index (χ4v) is 4.91. The minimum Gasteiger partial charge on any atom is -0.375 e. The van der Waals surface area contributed by atoms with E-state index in [0.717, 1.165) is 44.3 Å². The van der Waals surface area contributed by atoms with Crippen LogP contribution in [0.3, 0.4) is 0 Å².